The normalized spacial score (nSPS) is 12.5. The van der Waals surface area contributed by atoms with Gasteiger partial charge in [-0.25, -0.2) is 0 Å². The number of allylic oxidation sites excluding steroid dienone is 1. The second-order valence-corrected chi connectivity index (χ2v) is 6.96. The molecule has 0 fully saturated rings. The Morgan fingerprint density at radius 3 is 2.15 bits per heavy atom. The van der Waals surface area contributed by atoms with E-state index >= 15 is 0 Å². The molecule has 0 nitrogen and oxygen atoms in total. The van der Waals surface area contributed by atoms with E-state index in [9.17, 15) is 0 Å². The van der Waals surface area contributed by atoms with Gasteiger partial charge in [0.1, 0.15) is 0 Å². The van der Waals surface area contributed by atoms with Crippen molar-refractivity contribution in [2.75, 3.05) is 0 Å². The van der Waals surface area contributed by atoms with E-state index in [1.807, 2.05) is 0 Å². The molecule has 0 spiro atoms. The summed E-state index contributed by atoms with van der Waals surface area (Å²) in [4.78, 5) is 0. The molecule has 2 aliphatic carbocycles. The van der Waals surface area contributed by atoms with Crippen molar-refractivity contribution in [3.63, 3.8) is 0 Å². The molecular formula is C24H20Cl2Hf. The first-order valence-corrected chi connectivity index (χ1v) is 8.85. The molecule has 0 saturated heterocycles. The number of aryl methyl sites for hydroxylation is 1. The summed E-state index contributed by atoms with van der Waals surface area (Å²) < 4.78 is 0. The summed E-state index contributed by atoms with van der Waals surface area (Å²) in [6, 6.07) is 24.5. The summed E-state index contributed by atoms with van der Waals surface area (Å²) in [5.41, 5.74) is 11.9. The zero-order chi connectivity index (χ0) is 15.9. The van der Waals surface area contributed by atoms with Crippen LogP contribution >= 0.6 is 0 Å². The predicted octanol–water partition coefficient (Wildman–Crippen LogP) is -0.164. The van der Waals surface area contributed by atoms with E-state index in [1.54, 1.807) is 11.1 Å². The molecule has 0 unspecified atom stereocenters. The smallest absolute Gasteiger partial charge is 1.00 e. The van der Waals surface area contributed by atoms with Crippen LogP contribution in [-0.2, 0) is 45.1 Å². The molecule has 0 amide bonds. The Balaban J connectivity index is 0.000000871. The quantitative estimate of drug-likeness (QED) is 0.307. The Labute approximate surface area is 192 Å². The SMILES string of the molecule is C1=C(CCc2cccc3c2Cc2ccccc2-3)Cc2ccccc21.[Cl-].[Cl-].[Hf+2]. The topological polar surface area (TPSA) is 0 Å². The molecule has 3 heteroatoms. The van der Waals surface area contributed by atoms with Crippen molar-refractivity contribution < 1.29 is 50.7 Å². The summed E-state index contributed by atoms with van der Waals surface area (Å²) in [5.74, 6) is 0. The maximum absolute atomic E-state index is 2.40. The van der Waals surface area contributed by atoms with E-state index in [2.05, 4.69) is 72.8 Å². The van der Waals surface area contributed by atoms with Crippen LogP contribution in [0.4, 0.5) is 0 Å². The standard InChI is InChI=1S/C24H20.2ClH.Hf/c1-2-7-20-15-17(14-19(20)6-1)12-13-18-9-5-11-23-22-10-4-3-8-21(22)16-24(18)23;;;/h1-11,14H,12-13,15-16H2;2*1H;/q;;;+2/p-2. The van der Waals surface area contributed by atoms with Crippen LogP contribution in [0.3, 0.4) is 0 Å². The van der Waals surface area contributed by atoms with E-state index in [-0.39, 0.29) is 50.7 Å². The van der Waals surface area contributed by atoms with Gasteiger partial charge in [0.15, 0.2) is 0 Å². The van der Waals surface area contributed by atoms with Crippen molar-refractivity contribution in [3.05, 3.63) is 100 Å². The fourth-order valence-electron chi connectivity index (χ4n) is 4.26. The van der Waals surface area contributed by atoms with Crippen molar-refractivity contribution in [1.29, 1.82) is 0 Å². The fourth-order valence-corrected chi connectivity index (χ4v) is 4.26. The Kier molecular flexibility index (Phi) is 7.68. The van der Waals surface area contributed by atoms with Crippen molar-refractivity contribution in [2.24, 2.45) is 0 Å². The number of rotatable bonds is 3. The minimum atomic E-state index is 0. The minimum Gasteiger partial charge on any atom is -1.00 e. The molecule has 2 aliphatic rings. The van der Waals surface area contributed by atoms with Crippen molar-refractivity contribution >= 4 is 6.08 Å². The first-order chi connectivity index (χ1) is 11.9. The molecule has 0 heterocycles. The molecule has 27 heavy (non-hydrogen) atoms. The van der Waals surface area contributed by atoms with Crippen LogP contribution in [0.1, 0.15) is 34.2 Å². The van der Waals surface area contributed by atoms with E-state index < -0.39 is 0 Å². The van der Waals surface area contributed by atoms with E-state index in [0.29, 0.717) is 0 Å². The van der Waals surface area contributed by atoms with Gasteiger partial charge in [0, 0.05) is 0 Å². The average molecular weight is 558 g/mol. The molecule has 3 aromatic rings. The van der Waals surface area contributed by atoms with Crippen LogP contribution in [0.5, 0.6) is 0 Å². The van der Waals surface area contributed by atoms with E-state index in [1.165, 1.54) is 39.8 Å². The molecule has 134 valence electrons. The number of hydrogen-bond acceptors (Lipinski definition) is 0. The van der Waals surface area contributed by atoms with Crippen LogP contribution in [-0.4, -0.2) is 0 Å². The molecule has 0 saturated carbocycles. The third-order valence-electron chi connectivity index (χ3n) is 5.50. The number of fused-ring (bicyclic) bond motifs is 4. The van der Waals surface area contributed by atoms with Gasteiger partial charge in [-0.1, -0.05) is 78.4 Å². The maximum Gasteiger partial charge on any atom is 2.00 e. The van der Waals surface area contributed by atoms with Gasteiger partial charge in [0.05, 0.1) is 0 Å². The van der Waals surface area contributed by atoms with Crippen LogP contribution < -0.4 is 24.8 Å². The van der Waals surface area contributed by atoms with Crippen LogP contribution in [0.25, 0.3) is 17.2 Å². The molecule has 0 atom stereocenters. The molecule has 0 aliphatic heterocycles. The van der Waals surface area contributed by atoms with E-state index in [4.69, 9.17) is 0 Å². The zero-order valence-electron chi connectivity index (χ0n) is 15.0. The van der Waals surface area contributed by atoms with E-state index in [0.717, 1.165) is 19.3 Å². The fraction of sp³-hybridized carbons (Fsp3) is 0.167. The zero-order valence-corrected chi connectivity index (χ0v) is 20.1. The van der Waals surface area contributed by atoms with Crippen molar-refractivity contribution in [1.82, 2.24) is 0 Å². The molecule has 3 aromatic carbocycles. The van der Waals surface area contributed by atoms with Crippen molar-refractivity contribution in [2.45, 2.75) is 25.7 Å². The first-order valence-electron chi connectivity index (χ1n) is 8.85. The molecule has 0 bridgehead atoms. The average Bonchev–Trinajstić information content (AvgIpc) is 3.21. The largest absolute Gasteiger partial charge is 2.00 e. The van der Waals surface area contributed by atoms with Crippen LogP contribution in [0.15, 0.2) is 72.3 Å². The Morgan fingerprint density at radius 2 is 1.33 bits per heavy atom. The monoisotopic (exact) mass is 558 g/mol. The summed E-state index contributed by atoms with van der Waals surface area (Å²) in [6.07, 6.45) is 6.94. The van der Waals surface area contributed by atoms with Gasteiger partial charge in [-0.3, -0.25) is 0 Å². The van der Waals surface area contributed by atoms with Gasteiger partial charge in [0.2, 0.25) is 0 Å². The second-order valence-electron chi connectivity index (χ2n) is 6.96. The van der Waals surface area contributed by atoms with Gasteiger partial charge in [-0.15, -0.1) is 0 Å². The molecule has 0 aromatic heterocycles. The Bertz CT molecular complexity index is 976. The minimum absolute atomic E-state index is 0. The Hall–Kier alpha value is -1.15. The molecule has 0 N–H and O–H groups in total. The molecular weight excluding hydrogens is 538 g/mol. The number of halogens is 2. The first kappa shape index (κ1) is 22.1. The van der Waals surface area contributed by atoms with Gasteiger partial charge >= 0.3 is 25.8 Å². The second kappa shape index (κ2) is 9.37. The summed E-state index contributed by atoms with van der Waals surface area (Å²) >= 11 is 0. The van der Waals surface area contributed by atoms with Gasteiger partial charge in [-0.05, 0) is 64.6 Å². The summed E-state index contributed by atoms with van der Waals surface area (Å²) in [5, 5.41) is 0. The van der Waals surface area contributed by atoms with Gasteiger partial charge < -0.3 is 24.8 Å². The van der Waals surface area contributed by atoms with Crippen LogP contribution in [0.2, 0.25) is 0 Å². The van der Waals surface area contributed by atoms with Gasteiger partial charge in [0.25, 0.3) is 0 Å². The predicted molar refractivity (Wildman–Crippen MR) is 101 cm³/mol. The Morgan fingerprint density at radius 1 is 0.630 bits per heavy atom. The van der Waals surface area contributed by atoms with Gasteiger partial charge in [-0.2, -0.15) is 0 Å². The summed E-state index contributed by atoms with van der Waals surface area (Å²) in [6.45, 7) is 0. The summed E-state index contributed by atoms with van der Waals surface area (Å²) in [7, 11) is 0. The molecule has 5 rings (SSSR count). The van der Waals surface area contributed by atoms with Crippen LogP contribution in [0, 0.1) is 0 Å². The number of hydrogen-bond donors (Lipinski definition) is 0. The van der Waals surface area contributed by atoms with Crippen molar-refractivity contribution in [3.8, 4) is 11.1 Å². The third-order valence-corrected chi connectivity index (χ3v) is 5.50. The number of benzene rings is 3. The molecule has 0 radical (unpaired) electrons. The maximum atomic E-state index is 2.40. The third kappa shape index (κ3) is 4.16.